The van der Waals surface area contributed by atoms with E-state index >= 15 is 0 Å². The molecule has 1 aromatic carbocycles. The summed E-state index contributed by atoms with van der Waals surface area (Å²) >= 11 is 0. The molecule has 0 saturated carbocycles. The molecule has 0 radical (unpaired) electrons. The van der Waals surface area contributed by atoms with Crippen LogP contribution in [0.25, 0.3) is 0 Å². The third-order valence-electron chi connectivity index (χ3n) is 4.95. The SMILES string of the molecule is CNC(Cc1cccc(OC)c1)C(C)(C)N1CCCCC1. The smallest absolute Gasteiger partial charge is 0.119 e. The van der Waals surface area contributed by atoms with Crippen molar-refractivity contribution in [3.8, 4) is 5.75 Å². The van der Waals surface area contributed by atoms with Crippen molar-refractivity contribution in [2.75, 3.05) is 27.2 Å². The van der Waals surface area contributed by atoms with Crippen molar-refractivity contribution < 1.29 is 4.74 Å². The molecule has 118 valence electrons. The molecule has 2 rings (SSSR count). The Balaban J connectivity index is 2.10. The van der Waals surface area contributed by atoms with Crippen LogP contribution in [0.5, 0.6) is 5.75 Å². The van der Waals surface area contributed by atoms with Crippen molar-refractivity contribution in [2.24, 2.45) is 0 Å². The van der Waals surface area contributed by atoms with Gasteiger partial charge in [0.05, 0.1) is 7.11 Å². The van der Waals surface area contributed by atoms with Crippen LogP contribution in [-0.2, 0) is 6.42 Å². The number of rotatable bonds is 6. The van der Waals surface area contributed by atoms with Crippen LogP contribution >= 0.6 is 0 Å². The normalized spacial score (nSPS) is 18.5. The molecule has 0 aromatic heterocycles. The monoisotopic (exact) mass is 290 g/mol. The number of piperidine rings is 1. The molecule has 1 unspecified atom stereocenters. The van der Waals surface area contributed by atoms with Crippen molar-refractivity contribution in [1.82, 2.24) is 10.2 Å². The van der Waals surface area contributed by atoms with Gasteiger partial charge in [0, 0.05) is 11.6 Å². The van der Waals surface area contributed by atoms with Crippen LogP contribution in [0, 0.1) is 0 Å². The first-order valence-corrected chi connectivity index (χ1v) is 8.13. The molecule has 1 aliphatic rings. The number of likely N-dealkylation sites (N-methyl/N-ethyl adjacent to an activating group) is 1. The molecule has 1 saturated heterocycles. The first-order valence-electron chi connectivity index (χ1n) is 8.13. The highest BCUT2D eigenvalue weighted by Gasteiger charge is 2.35. The van der Waals surface area contributed by atoms with Gasteiger partial charge >= 0.3 is 0 Å². The van der Waals surface area contributed by atoms with Crippen molar-refractivity contribution in [1.29, 1.82) is 0 Å². The van der Waals surface area contributed by atoms with E-state index in [1.54, 1.807) is 7.11 Å². The molecule has 1 atom stereocenters. The molecule has 1 N–H and O–H groups in total. The lowest BCUT2D eigenvalue weighted by Crippen LogP contribution is -2.59. The fraction of sp³-hybridized carbons (Fsp3) is 0.667. The number of benzene rings is 1. The molecule has 0 aliphatic carbocycles. The fourth-order valence-corrected chi connectivity index (χ4v) is 3.43. The minimum absolute atomic E-state index is 0.165. The summed E-state index contributed by atoms with van der Waals surface area (Å²) in [6.45, 7) is 7.20. The van der Waals surface area contributed by atoms with E-state index in [1.807, 2.05) is 6.07 Å². The Bertz CT molecular complexity index is 439. The van der Waals surface area contributed by atoms with E-state index in [1.165, 1.54) is 37.9 Å². The number of likely N-dealkylation sites (tertiary alicyclic amines) is 1. The molecular weight excluding hydrogens is 260 g/mol. The van der Waals surface area contributed by atoms with Gasteiger partial charge < -0.3 is 10.1 Å². The Labute approximate surface area is 129 Å². The Hall–Kier alpha value is -1.06. The lowest BCUT2D eigenvalue weighted by molar-refractivity contribution is 0.0635. The number of hydrogen-bond acceptors (Lipinski definition) is 3. The summed E-state index contributed by atoms with van der Waals surface area (Å²) in [6.07, 6.45) is 5.07. The maximum absolute atomic E-state index is 5.34. The molecule has 1 aromatic rings. The molecule has 1 aliphatic heterocycles. The zero-order chi connectivity index (χ0) is 15.3. The predicted octanol–water partition coefficient (Wildman–Crippen LogP) is 3.09. The van der Waals surface area contributed by atoms with Crippen LogP contribution in [0.1, 0.15) is 38.7 Å². The molecule has 0 spiro atoms. The van der Waals surface area contributed by atoms with E-state index in [2.05, 4.69) is 49.3 Å². The summed E-state index contributed by atoms with van der Waals surface area (Å²) in [4.78, 5) is 2.65. The molecule has 0 amide bonds. The van der Waals surface area contributed by atoms with E-state index in [-0.39, 0.29) is 5.54 Å². The third kappa shape index (κ3) is 3.98. The Morgan fingerprint density at radius 1 is 1.24 bits per heavy atom. The molecular formula is C18H30N2O. The molecule has 1 heterocycles. The highest BCUT2D eigenvalue weighted by Crippen LogP contribution is 2.26. The highest BCUT2D eigenvalue weighted by atomic mass is 16.5. The summed E-state index contributed by atoms with van der Waals surface area (Å²) < 4.78 is 5.34. The number of methoxy groups -OCH3 is 1. The molecule has 3 heteroatoms. The number of ether oxygens (including phenoxy) is 1. The zero-order valence-corrected chi connectivity index (χ0v) is 14.0. The molecule has 1 fully saturated rings. The van der Waals surface area contributed by atoms with Crippen molar-refractivity contribution >= 4 is 0 Å². The van der Waals surface area contributed by atoms with E-state index in [4.69, 9.17) is 4.74 Å². The van der Waals surface area contributed by atoms with Gasteiger partial charge in [-0.05, 0) is 70.9 Å². The zero-order valence-electron chi connectivity index (χ0n) is 14.0. The van der Waals surface area contributed by atoms with Crippen molar-refractivity contribution in [3.63, 3.8) is 0 Å². The topological polar surface area (TPSA) is 24.5 Å². The number of nitrogens with zero attached hydrogens (tertiary/aromatic N) is 1. The van der Waals surface area contributed by atoms with Crippen LogP contribution < -0.4 is 10.1 Å². The summed E-state index contributed by atoms with van der Waals surface area (Å²) in [5, 5.41) is 3.54. The standard InChI is InChI=1S/C18H30N2O/c1-18(2,20-11-6-5-7-12-20)17(19-3)14-15-9-8-10-16(13-15)21-4/h8-10,13,17,19H,5-7,11-12,14H2,1-4H3. The minimum atomic E-state index is 0.165. The van der Waals surface area contributed by atoms with Gasteiger partial charge in [0.1, 0.15) is 5.75 Å². The van der Waals surface area contributed by atoms with Gasteiger partial charge in [-0.25, -0.2) is 0 Å². The second-order valence-corrected chi connectivity index (χ2v) is 6.60. The van der Waals surface area contributed by atoms with Gasteiger partial charge in [-0.15, -0.1) is 0 Å². The maximum atomic E-state index is 5.34. The minimum Gasteiger partial charge on any atom is -0.497 e. The second-order valence-electron chi connectivity index (χ2n) is 6.60. The van der Waals surface area contributed by atoms with Gasteiger partial charge in [0.15, 0.2) is 0 Å². The van der Waals surface area contributed by atoms with Crippen molar-refractivity contribution in [2.45, 2.75) is 51.1 Å². The molecule has 0 bridgehead atoms. The average molecular weight is 290 g/mol. The fourth-order valence-electron chi connectivity index (χ4n) is 3.43. The van der Waals surface area contributed by atoms with Gasteiger partial charge in [0.2, 0.25) is 0 Å². The quantitative estimate of drug-likeness (QED) is 0.871. The highest BCUT2D eigenvalue weighted by molar-refractivity contribution is 5.29. The largest absolute Gasteiger partial charge is 0.497 e. The van der Waals surface area contributed by atoms with Gasteiger partial charge in [-0.2, -0.15) is 0 Å². The summed E-state index contributed by atoms with van der Waals surface area (Å²) in [6, 6.07) is 8.86. The summed E-state index contributed by atoms with van der Waals surface area (Å²) in [5.74, 6) is 0.943. The maximum Gasteiger partial charge on any atom is 0.119 e. The predicted molar refractivity (Wildman–Crippen MR) is 89.0 cm³/mol. The van der Waals surface area contributed by atoms with Gasteiger partial charge in [-0.1, -0.05) is 18.6 Å². The molecule has 21 heavy (non-hydrogen) atoms. The van der Waals surface area contributed by atoms with Crippen LogP contribution in [0.15, 0.2) is 24.3 Å². The number of nitrogens with one attached hydrogen (secondary N) is 1. The van der Waals surface area contributed by atoms with Gasteiger partial charge in [0.25, 0.3) is 0 Å². The Morgan fingerprint density at radius 2 is 1.95 bits per heavy atom. The summed E-state index contributed by atoms with van der Waals surface area (Å²) in [7, 11) is 3.81. The second kappa shape index (κ2) is 7.28. The molecule has 3 nitrogen and oxygen atoms in total. The summed E-state index contributed by atoms with van der Waals surface area (Å²) in [5.41, 5.74) is 1.50. The average Bonchev–Trinajstić information content (AvgIpc) is 2.53. The van der Waals surface area contributed by atoms with Gasteiger partial charge in [-0.3, -0.25) is 4.90 Å². The Kier molecular flexibility index (Phi) is 5.65. The van der Waals surface area contributed by atoms with E-state index in [9.17, 15) is 0 Å². The van der Waals surface area contributed by atoms with Crippen LogP contribution in [-0.4, -0.2) is 43.7 Å². The lowest BCUT2D eigenvalue weighted by Gasteiger charge is -2.46. The van der Waals surface area contributed by atoms with Crippen LogP contribution in [0.4, 0.5) is 0 Å². The first kappa shape index (κ1) is 16.3. The Morgan fingerprint density at radius 3 is 2.57 bits per heavy atom. The first-order chi connectivity index (χ1) is 10.1. The lowest BCUT2D eigenvalue weighted by atomic mass is 9.86. The van der Waals surface area contributed by atoms with E-state index in [0.29, 0.717) is 6.04 Å². The van der Waals surface area contributed by atoms with Crippen LogP contribution in [0.3, 0.4) is 0 Å². The van der Waals surface area contributed by atoms with Crippen molar-refractivity contribution in [3.05, 3.63) is 29.8 Å². The van der Waals surface area contributed by atoms with E-state index in [0.717, 1.165) is 12.2 Å². The van der Waals surface area contributed by atoms with Crippen LogP contribution in [0.2, 0.25) is 0 Å². The van der Waals surface area contributed by atoms with E-state index < -0.39 is 0 Å². The number of hydrogen-bond donors (Lipinski definition) is 1. The third-order valence-corrected chi connectivity index (χ3v) is 4.95.